The summed E-state index contributed by atoms with van der Waals surface area (Å²) in [6.07, 6.45) is 0.727. The van der Waals surface area contributed by atoms with Gasteiger partial charge in [-0.25, -0.2) is 4.79 Å². The Labute approximate surface area is 201 Å². The number of halogens is 1. The molecule has 0 aliphatic carbocycles. The average molecular weight is 488 g/mol. The summed E-state index contributed by atoms with van der Waals surface area (Å²) in [5.41, 5.74) is 2.65. The fraction of sp³-hybridized carbons (Fsp3) is 0.375. The Morgan fingerprint density at radius 3 is 2.76 bits per heavy atom. The summed E-state index contributed by atoms with van der Waals surface area (Å²) in [5.74, 6) is -0.461. The number of aromatic nitrogens is 1. The molecule has 0 bridgehead atoms. The summed E-state index contributed by atoms with van der Waals surface area (Å²) in [6.45, 7) is 9.59. The van der Waals surface area contributed by atoms with Gasteiger partial charge in [-0.15, -0.1) is 11.3 Å². The molecule has 174 valence electrons. The predicted octanol–water partition coefficient (Wildman–Crippen LogP) is 5.56. The highest BCUT2D eigenvalue weighted by Gasteiger charge is 2.31. The number of aryl methyl sites for hydroxylation is 1. The second-order valence-corrected chi connectivity index (χ2v) is 9.65. The number of nitrogens with zero attached hydrogens (tertiary/aromatic N) is 2. The molecule has 9 heteroatoms. The van der Waals surface area contributed by atoms with E-state index in [9.17, 15) is 9.59 Å². The summed E-state index contributed by atoms with van der Waals surface area (Å²) in [5, 5.41) is 7.97. The second kappa shape index (κ2) is 9.67. The number of ether oxygens (including phenoxy) is 1. The predicted molar refractivity (Wildman–Crippen MR) is 129 cm³/mol. The van der Waals surface area contributed by atoms with Crippen LogP contribution in [0.5, 0.6) is 0 Å². The van der Waals surface area contributed by atoms with Crippen molar-refractivity contribution in [2.75, 3.05) is 18.5 Å². The number of carbonyl (C=O) groups excluding carboxylic acids is 2. The van der Waals surface area contributed by atoms with Gasteiger partial charge in [0.1, 0.15) is 22.0 Å². The number of hydrogen-bond acceptors (Lipinski definition) is 7. The molecule has 1 aliphatic heterocycles. The number of carbonyl (C=O) groups is 2. The number of anilines is 1. The van der Waals surface area contributed by atoms with Gasteiger partial charge >= 0.3 is 5.97 Å². The van der Waals surface area contributed by atoms with Gasteiger partial charge in [0, 0.05) is 29.6 Å². The molecule has 4 rings (SSSR count). The van der Waals surface area contributed by atoms with Crippen molar-refractivity contribution in [1.29, 1.82) is 0 Å². The van der Waals surface area contributed by atoms with Crippen LogP contribution in [0, 0.1) is 6.92 Å². The first-order valence-corrected chi connectivity index (χ1v) is 12.1. The maximum absolute atomic E-state index is 13.4. The van der Waals surface area contributed by atoms with Crippen LogP contribution >= 0.6 is 22.9 Å². The quantitative estimate of drug-likeness (QED) is 0.458. The lowest BCUT2D eigenvalue weighted by Crippen LogP contribution is -2.35. The van der Waals surface area contributed by atoms with Gasteiger partial charge in [0.2, 0.25) is 0 Å². The van der Waals surface area contributed by atoms with E-state index in [4.69, 9.17) is 20.9 Å². The first kappa shape index (κ1) is 23.5. The third-order valence-corrected chi connectivity index (χ3v) is 7.20. The lowest BCUT2D eigenvalue weighted by Gasteiger charge is -2.30. The van der Waals surface area contributed by atoms with Gasteiger partial charge in [-0.1, -0.05) is 35.0 Å². The molecule has 0 spiro atoms. The number of amides is 1. The maximum Gasteiger partial charge on any atom is 0.341 e. The number of hydrogen-bond donors (Lipinski definition) is 1. The minimum Gasteiger partial charge on any atom is -0.462 e. The van der Waals surface area contributed by atoms with Gasteiger partial charge in [0.25, 0.3) is 5.91 Å². The summed E-state index contributed by atoms with van der Waals surface area (Å²) in [6, 6.07) is 7.53. The highest BCUT2D eigenvalue weighted by molar-refractivity contribution is 7.17. The normalized spacial score (nSPS) is 13.8. The minimum atomic E-state index is -0.420. The summed E-state index contributed by atoms with van der Waals surface area (Å²) >= 11 is 7.76. The van der Waals surface area contributed by atoms with Crippen molar-refractivity contribution in [3.05, 3.63) is 56.6 Å². The van der Waals surface area contributed by atoms with Gasteiger partial charge in [0.15, 0.2) is 0 Å². The van der Waals surface area contributed by atoms with Crippen LogP contribution in [-0.4, -0.2) is 41.1 Å². The first-order valence-electron chi connectivity index (χ1n) is 10.9. The van der Waals surface area contributed by atoms with E-state index in [1.165, 1.54) is 11.3 Å². The topological polar surface area (TPSA) is 84.7 Å². The lowest BCUT2D eigenvalue weighted by atomic mass is 10.0. The first-order chi connectivity index (χ1) is 15.8. The van der Waals surface area contributed by atoms with Crippen molar-refractivity contribution in [1.82, 2.24) is 10.1 Å². The lowest BCUT2D eigenvalue weighted by molar-refractivity contribution is 0.0526. The molecule has 0 radical (unpaired) electrons. The fourth-order valence-electron chi connectivity index (χ4n) is 4.01. The zero-order chi connectivity index (χ0) is 23.7. The van der Waals surface area contributed by atoms with E-state index in [1.807, 2.05) is 6.07 Å². The third-order valence-electron chi connectivity index (χ3n) is 5.74. The number of thiophene rings is 1. The van der Waals surface area contributed by atoms with Gasteiger partial charge in [0.05, 0.1) is 17.2 Å². The average Bonchev–Trinajstić information content (AvgIpc) is 3.33. The summed E-state index contributed by atoms with van der Waals surface area (Å²) in [7, 11) is 0. The fourth-order valence-corrected chi connectivity index (χ4v) is 5.50. The van der Waals surface area contributed by atoms with Crippen LogP contribution in [0.4, 0.5) is 5.00 Å². The number of nitrogens with one attached hydrogen (secondary N) is 1. The smallest absolute Gasteiger partial charge is 0.341 e. The largest absolute Gasteiger partial charge is 0.462 e. The van der Waals surface area contributed by atoms with Crippen LogP contribution < -0.4 is 5.32 Å². The molecule has 1 aromatic carbocycles. The maximum atomic E-state index is 13.4. The van der Waals surface area contributed by atoms with Crippen LogP contribution in [0.15, 0.2) is 28.8 Å². The van der Waals surface area contributed by atoms with Crippen LogP contribution in [0.25, 0.3) is 11.3 Å². The van der Waals surface area contributed by atoms with E-state index in [2.05, 4.69) is 29.2 Å². The molecule has 3 heterocycles. The molecule has 3 aromatic rings. The van der Waals surface area contributed by atoms with Crippen LogP contribution in [0.1, 0.15) is 57.7 Å². The molecule has 0 atom stereocenters. The van der Waals surface area contributed by atoms with Crippen molar-refractivity contribution in [3.8, 4) is 11.3 Å². The highest BCUT2D eigenvalue weighted by atomic mass is 35.5. The van der Waals surface area contributed by atoms with Crippen molar-refractivity contribution >= 4 is 39.8 Å². The van der Waals surface area contributed by atoms with E-state index < -0.39 is 11.9 Å². The molecule has 0 saturated carbocycles. The third kappa shape index (κ3) is 4.55. The zero-order valence-corrected chi connectivity index (χ0v) is 20.6. The highest BCUT2D eigenvalue weighted by Crippen LogP contribution is 2.39. The number of fused-ring (bicyclic) bond motifs is 1. The van der Waals surface area contributed by atoms with Crippen LogP contribution in [0.2, 0.25) is 5.02 Å². The van der Waals surface area contributed by atoms with E-state index >= 15 is 0 Å². The Balaban J connectivity index is 1.72. The van der Waals surface area contributed by atoms with Crippen LogP contribution in [0.3, 0.4) is 0 Å². The number of esters is 1. The number of rotatable bonds is 6. The molecule has 0 fully saturated rings. The summed E-state index contributed by atoms with van der Waals surface area (Å²) < 4.78 is 10.7. The van der Waals surface area contributed by atoms with E-state index in [0.717, 1.165) is 30.0 Å². The Morgan fingerprint density at radius 1 is 1.30 bits per heavy atom. The van der Waals surface area contributed by atoms with E-state index in [-0.39, 0.29) is 12.2 Å². The molecule has 33 heavy (non-hydrogen) atoms. The Bertz CT molecular complexity index is 1200. The van der Waals surface area contributed by atoms with Crippen molar-refractivity contribution in [2.24, 2.45) is 0 Å². The second-order valence-electron chi connectivity index (χ2n) is 8.14. The minimum absolute atomic E-state index is 0.260. The van der Waals surface area contributed by atoms with Crippen molar-refractivity contribution < 1.29 is 18.8 Å². The standard InChI is InChI=1S/C24H26ClN3O4S/c1-5-31-24(30)20-16-10-11-28(13(2)3)12-18(16)33-23(20)26-22(29)19-14(4)32-27-21(19)15-8-6-7-9-17(15)25/h6-9,13H,5,10-12H2,1-4H3,(H,26,29). The Hall–Kier alpha value is -2.68. The molecule has 2 aromatic heterocycles. The monoisotopic (exact) mass is 487 g/mol. The molecule has 0 unspecified atom stereocenters. The summed E-state index contributed by atoms with van der Waals surface area (Å²) in [4.78, 5) is 29.7. The van der Waals surface area contributed by atoms with E-state index in [1.54, 1.807) is 32.0 Å². The van der Waals surface area contributed by atoms with Gasteiger partial charge in [-0.05, 0) is 45.7 Å². The van der Waals surface area contributed by atoms with Gasteiger partial charge < -0.3 is 14.6 Å². The molecular weight excluding hydrogens is 462 g/mol. The van der Waals surface area contributed by atoms with Crippen molar-refractivity contribution in [2.45, 2.75) is 46.7 Å². The van der Waals surface area contributed by atoms with Crippen molar-refractivity contribution in [3.63, 3.8) is 0 Å². The van der Waals surface area contributed by atoms with Gasteiger partial charge in [-0.3, -0.25) is 9.69 Å². The molecule has 7 nitrogen and oxygen atoms in total. The molecule has 1 aliphatic rings. The molecular formula is C24H26ClN3O4S. The van der Waals surface area contributed by atoms with Gasteiger partial charge in [-0.2, -0.15) is 0 Å². The molecule has 0 saturated heterocycles. The molecule has 1 N–H and O–H groups in total. The SMILES string of the molecule is CCOC(=O)c1c(NC(=O)c2c(-c3ccccc3Cl)noc2C)sc2c1CCN(C(C)C)C2. The molecule has 1 amide bonds. The number of benzene rings is 1. The van der Waals surface area contributed by atoms with E-state index in [0.29, 0.717) is 38.6 Å². The van der Waals surface area contributed by atoms with Crippen LogP contribution in [-0.2, 0) is 17.7 Å². The Kier molecular flexibility index (Phi) is 6.88. The zero-order valence-electron chi connectivity index (χ0n) is 19.0. The Morgan fingerprint density at radius 2 is 2.06 bits per heavy atom.